The third kappa shape index (κ3) is 2.43. The molecule has 1 saturated carbocycles. The Morgan fingerprint density at radius 1 is 1.50 bits per heavy atom. The van der Waals surface area contributed by atoms with Gasteiger partial charge in [-0.05, 0) is 32.2 Å². The van der Waals surface area contributed by atoms with Gasteiger partial charge in [-0.25, -0.2) is 4.98 Å². The third-order valence-electron chi connectivity index (χ3n) is 3.61. The fourth-order valence-electron chi connectivity index (χ4n) is 2.74. The maximum absolute atomic E-state index is 4.39. The van der Waals surface area contributed by atoms with Gasteiger partial charge in [0.05, 0.1) is 0 Å². The summed E-state index contributed by atoms with van der Waals surface area (Å²) < 4.78 is 2.06. The normalized spacial score (nSPS) is 25.1. The average molecular weight is 222 g/mol. The molecule has 1 aromatic rings. The molecular weight excluding hydrogens is 200 g/mol. The lowest BCUT2D eigenvalue weighted by atomic mass is 9.99. The molecule has 4 heteroatoms. The van der Waals surface area contributed by atoms with Crippen molar-refractivity contribution in [2.45, 2.75) is 51.6 Å². The summed E-state index contributed by atoms with van der Waals surface area (Å²) in [6.45, 7) is 3.17. The molecule has 4 nitrogen and oxygen atoms in total. The van der Waals surface area contributed by atoms with Crippen LogP contribution < -0.4 is 5.32 Å². The van der Waals surface area contributed by atoms with Gasteiger partial charge >= 0.3 is 0 Å². The Labute approximate surface area is 97.5 Å². The predicted octanol–water partition coefficient (Wildman–Crippen LogP) is 1.62. The lowest BCUT2D eigenvalue weighted by Crippen LogP contribution is -2.30. The summed E-state index contributed by atoms with van der Waals surface area (Å²) >= 11 is 0. The molecule has 1 heterocycles. The maximum Gasteiger partial charge on any atom is 0.138 e. The Bertz CT molecular complexity index is 321. The number of hydrogen-bond donors (Lipinski definition) is 1. The molecular formula is C12H22N4. The van der Waals surface area contributed by atoms with E-state index in [9.17, 15) is 0 Å². The van der Waals surface area contributed by atoms with Crippen molar-refractivity contribution < 1.29 is 0 Å². The standard InChI is InChI=1S/C12H22N4/c1-3-7-16-12(14-9-15-16)8-10-5-4-6-11(10)13-2/h9-11,13H,3-8H2,1-2H3. The van der Waals surface area contributed by atoms with E-state index in [1.54, 1.807) is 6.33 Å². The van der Waals surface area contributed by atoms with Crippen molar-refractivity contribution in [2.75, 3.05) is 7.05 Å². The summed E-state index contributed by atoms with van der Waals surface area (Å²) in [4.78, 5) is 4.39. The first-order valence-corrected chi connectivity index (χ1v) is 6.39. The van der Waals surface area contributed by atoms with Gasteiger partial charge in [0, 0.05) is 19.0 Å². The van der Waals surface area contributed by atoms with Gasteiger partial charge in [0.2, 0.25) is 0 Å². The van der Waals surface area contributed by atoms with Gasteiger partial charge in [-0.15, -0.1) is 0 Å². The summed E-state index contributed by atoms with van der Waals surface area (Å²) in [5.74, 6) is 1.90. The van der Waals surface area contributed by atoms with Crippen molar-refractivity contribution in [3.8, 4) is 0 Å². The van der Waals surface area contributed by atoms with Gasteiger partial charge in [-0.2, -0.15) is 5.10 Å². The van der Waals surface area contributed by atoms with Crippen molar-refractivity contribution in [1.82, 2.24) is 20.1 Å². The average Bonchev–Trinajstić information content (AvgIpc) is 2.89. The minimum Gasteiger partial charge on any atom is -0.317 e. The second-order valence-electron chi connectivity index (χ2n) is 4.69. The lowest BCUT2D eigenvalue weighted by Gasteiger charge is -2.18. The molecule has 2 rings (SSSR count). The second kappa shape index (κ2) is 5.43. The van der Waals surface area contributed by atoms with Crippen LogP contribution in [-0.4, -0.2) is 27.9 Å². The summed E-state index contributed by atoms with van der Waals surface area (Å²) in [5.41, 5.74) is 0. The van der Waals surface area contributed by atoms with Gasteiger partial charge in [-0.1, -0.05) is 13.3 Å². The van der Waals surface area contributed by atoms with Crippen LogP contribution in [0.3, 0.4) is 0 Å². The van der Waals surface area contributed by atoms with Crippen molar-refractivity contribution in [1.29, 1.82) is 0 Å². The molecule has 1 fully saturated rings. The Morgan fingerprint density at radius 2 is 2.38 bits per heavy atom. The summed E-state index contributed by atoms with van der Waals surface area (Å²) in [7, 11) is 2.07. The molecule has 0 aliphatic heterocycles. The highest BCUT2D eigenvalue weighted by molar-refractivity contribution is 4.93. The van der Waals surface area contributed by atoms with Crippen LogP contribution in [0.15, 0.2) is 6.33 Å². The van der Waals surface area contributed by atoms with E-state index in [1.165, 1.54) is 19.3 Å². The predicted molar refractivity (Wildman–Crippen MR) is 64.2 cm³/mol. The minimum atomic E-state index is 0.673. The topological polar surface area (TPSA) is 42.7 Å². The molecule has 1 aromatic heterocycles. The van der Waals surface area contributed by atoms with E-state index in [0.29, 0.717) is 6.04 Å². The number of rotatable bonds is 5. The van der Waals surface area contributed by atoms with Crippen molar-refractivity contribution in [2.24, 2.45) is 5.92 Å². The monoisotopic (exact) mass is 222 g/mol. The van der Waals surface area contributed by atoms with E-state index < -0.39 is 0 Å². The van der Waals surface area contributed by atoms with Crippen LogP contribution in [-0.2, 0) is 13.0 Å². The van der Waals surface area contributed by atoms with Crippen LogP contribution in [0.4, 0.5) is 0 Å². The molecule has 2 unspecified atom stereocenters. The molecule has 1 aliphatic carbocycles. The first kappa shape index (κ1) is 11.6. The molecule has 0 saturated heterocycles. The van der Waals surface area contributed by atoms with Crippen molar-refractivity contribution in [3.05, 3.63) is 12.2 Å². The second-order valence-corrected chi connectivity index (χ2v) is 4.69. The zero-order valence-corrected chi connectivity index (χ0v) is 10.3. The minimum absolute atomic E-state index is 0.673. The number of aromatic nitrogens is 3. The smallest absolute Gasteiger partial charge is 0.138 e. The van der Waals surface area contributed by atoms with E-state index in [0.717, 1.165) is 31.1 Å². The fraction of sp³-hybridized carbons (Fsp3) is 0.833. The van der Waals surface area contributed by atoms with E-state index in [4.69, 9.17) is 0 Å². The lowest BCUT2D eigenvalue weighted by molar-refractivity contribution is 0.404. The van der Waals surface area contributed by atoms with Crippen molar-refractivity contribution in [3.63, 3.8) is 0 Å². The highest BCUT2D eigenvalue weighted by Gasteiger charge is 2.27. The quantitative estimate of drug-likeness (QED) is 0.823. The van der Waals surface area contributed by atoms with E-state index in [-0.39, 0.29) is 0 Å². The SMILES string of the molecule is CCCn1ncnc1CC1CCCC1NC. The van der Waals surface area contributed by atoms with Gasteiger partial charge in [0.1, 0.15) is 12.2 Å². The zero-order valence-electron chi connectivity index (χ0n) is 10.3. The highest BCUT2D eigenvalue weighted by atomic mass is 15.3. The van der Waals surface area contributed by atoms with Crippen LogP contribution in [0, 0.1) is 5.92 Å². The largest absolute Gasteiger partial charge is 0.317 e. The van der Waals surface area contributed by atoms with Crippen molar-refractivity contribution >= 4 is 0 Å². The fourth-order valence-corrected chi connectivity index (χ4v) is 2.74. The maximum atomic E-state index is 4.39. The molecule has 1 aliphatic rings. The Hall–Kier alpha value is -0.900. The van der Waals surface area contributed by atoms with E-state index in [2.05, 4.69) is 34.1 Å². The first-order valence-electron chi connectivity index (χ1n) is 6.39. The van der Waals surface area contributed by atoms with Crippen LogP contribution in [0.25, 0.3) is 0 Å². The molecule has 2 atom stereocenters. The molecule has 0 bridgehead atoms. The molecule has 0 spiro atoms. The zero-order chi connectivity index (χ0) is 11.4. The molecule has 90 valence electrons. The van der Waals surface area contributed by atoms with Gasteiger partial charge in [0.15, 0.2) is 0 Å². The van der Waals surface area contributed by atoms with E-state index in [1.807, 2.05) is 0 Å². The van der Waals surface area contributed by atoms with Gasteiger partial charge < -0.3 is 5.32 Å². The molecule has 0 radical (unpaired) electrons. The van der Waals surface area contributed by atoms with Gasteiger partial charge in [0.25, 0.3) is 0 Å². The first-order chi connectivity index (χ1) is 7.85. The summed E-state index contributed by atoms with van der Waals surface area (Å²) in [6.07, 6.45) is 7.86. The molecule has 1 N–H and O–H groups in total. The Morgan fingerprint density at radius 3 is 3.12 bits per heavy atom. The van der Waals surface area contributed by atoms with Crippen LogP contribution in [0.2, 0.25) is 0 Å². The number of nitrogens with zero attached hydrogens (tertiary/aromatic N) is 3. The van der Waals surface area contributed by atoms with E-state index >= 15 is 0 Å². The molecule has 16 heavy (non-hydrogen) atoms. The summed E-state index contributed by atoms with van der Waals surface area (Å²) in [6, 6.07) is 0.673. The van der Waals surface area contributed by atoms with Crippen LogP contribution >= 0.6 is 0 Å². The highest BCUT2D eigenvalue weighted by Crippen LogP contribution is 2.28. The van der Waals surface area contributed by atoms with Crippen LogP contribution in [0.5, 0.6) is 0 Å². The Kier molecular flexibility index (Phi) is 3.93. The molecule has 0 amide bonds. The molecule has 0 aromatic carbocycles. The number of nitrogens with one attached hydrogen (secondary N) is 1. The number of hydrogen-bond acceptors (Lipinski definition) is 3. The van der Waals surface area contributed by atoms with Gasteiger partial charge in [-0.3, -0.25) is 4.68 Å². The summed E-state index contributed by atoms with van der Waals surface area (Å²) in [5, 5.41) is 7.70. The number of aryl methyl sites for hydroxylation is 1. The Balaban J connectivity index is 1.99. The van der Waals surface area contributed by atoms with Crippen LogP contribution in [0.1, 0.15) is 38.4 Å². The third-order valence-corrected chi connectivity index (χ3v) is 3.61.